The van der Waals surface area contributed by atoms with E-state index in [9.17, 15) is 0 Å². The van der Waals surface area contributed by atoms with Gasteiger partial charge in [-0.05, 0) is 14.1 Å². The van der Waals surface area contributed by atoms with Crippen LogP contribution in [0.1, 0.15) is 0 Å². The van der Waals surface area contributed by atoms with Crippen LogP contribution in [0.5, 0.6) is 0 Å². The van der Waals surface area contributed by atoms with E-state index in [1.807, 2.05) is 20.2 Å². The van der Waals surface area contributed by atoms with Crippen molar-refractivity contribution in [1.82, 2.24) is 4.90 Å². The molecule has 0 bridgehead atoms. The van der Waals surface area contributed by atoms with Crippen molar-refractivity contribution in [3.63, 3.8) is 0 Å². The summed E-state index contributed by atoms with van der Waals surface area (Å²) in [5.41, 5.74) is 0. The van der Waals surface area contributed by atoms with Gasteiger partial charge in [0, 0.05) is 6.54 Å². The molecule has 0 fully saturated rings. The zero-order valence-electron chi connectivity index (χ0n) is 6.15. The highest BCUT2D eigenvalue weighted by Crippen LogP contribution is 1.69. The third kappa shape index (κ3) is 66.5. The molecule has 0 atom stereocenters. The second-order valence-corrected chi connectivity index (χ2v) is 1.79. The zero-order valence-corrected chi connectivity index (χ0v) is 6.15. The van der Waals surface area contributed by atoms with Crippen molar-refractivity contribution in [2.75, 3.05) is 20.6 Å². The lowest BCUT2D eigenvalue weighted by Crippen LogP contribution is -2.09. The highest BCUT2D eigenvalue weighted by Gasteiger charge is 1.75. The summed E-state index contributed by atoms with van der Waals surface area (Å²) in [5, 5.41) is 13.6. The maximum absolute atomic E-state index is 8.36. The lowest BCUT2D eigenvalue weighted by Gasteiger charge is -2.01. The first-order chi connectivity index (χ1) is 4.50. The molecule has 0 aliphatic rings. The summed E-state index contributed by atoms with van der Waals surface area (Å²) in [5.74, 6) is 0. The van der Waals surface area contributed by atoms with Crippen LogP contribution in [0.15, 0.2) is 12.7 Å². The van der Waals surface area contributed by atoms with Crippen LogP contribution in [0.3, 0.4) is 0 Å². The molecule has 0 saturated carbocycles. The fourth-order valence-electron chi connectivity index (χ4n) is 0.258. The summed E-state index contributed by atoms with van der Waals surface area (Å²) in [7, 11) is 4.03. The van der Waals surface area contributed by atoms with Crippen LogP contribution in [0.25, 0.3) is 0 Å². The van der Waals surface area contributed by atoms with Crippen LogP contribution in [0.4, 0.5) is 0 Å². The predicted octanol–water partition coefficient (Wildman–Crippen LogP) is 0.386. The normalized spacial score (nSPS) is 7.90. The molecule has 0 spiro atoms. The van der Waals surface area contributed by atoms with Gasteiger partial charge in [-0.25, -0.2) is 0 Å². The minimum absolute atomic E-state index is 0.972. The number of rotatable bonds is 2. The molecule has 0 aromatic heterocycles. The van der Waals surface area contributed by atoms with E-state index in [0.29, 0.717) is 0 Å². The Bertz CT molecular complexity index is 99.1. The Morgan fingerprint density at radius 1 is 1.80 bits per heavy atom. The molecule has 0 aromatic rings. The molecule has 0 aliphatic heterocycles. The van der Waals surface area contributed by atoms with Crippen LogP contribution < -0.4 is 0 Å². The van der Waals surface area contributed by atoms with Crippen LogP contribution in [0.2, 0.25) is 0 Å². The van der Waals surface area contributed by atoms with Crippen molar-refractivity contribution in [2.24, 2.45) is 0 Å². The fraction of sp³-hybridized carbons (Fsp3) is 0.600. The van der Waals surface area contributed by atoms with Gasteiger partial charge in [-0.15, -0.1) is 16.7 Å². The summed E-state index contributed by atoms with van der Waals surface area (Å²) in [6.07, 6.45) is 1.88. The van der Waals surface area contributed by atoms with Gasteiger partial charge in [-0.2, -0.15) is 0 Å². The SMILES string of the molecule is C=CCN(C)C.O=[N+]([O-])O. The Morgan fingerprint density at radius 2 is 2.10 bits per heavy atom. The molecule has 0 aromatic carbocycles. The number of hydrogen-bond acceptors (Lipinski definition) is 3. The Hall–Kier alpha value is -1.10. The minimum atomic E-state index is -1.50. The van der Waals surface area contributed by atoms with Gasteiger partial charge in [0.25, 0.3) is 5.09 Å². The van der Waals surface area contributed by atoms with Gasteiger partial charge in [0.1, 0.15) is 0 Å². The molecule has 0 amide bonds. The van der Waals surface area contributed by atoms with E-state index < -0.39 is 5.09 Å². The third-order valence-electron chi connectivity index (χ3n) is 0.494. The van der Waals surface area contributed by atoms with E-state index in [2.05, 4.69) is 11.5 Å². The van der Waals surface area contributed by atoms with Gasteiger partial charge in [0.05, 0.1) is 0 Å². The standard InChI is InChI=1S/C5H11N.HNO3/c1-4-5-6(2)3;2-1(3)4/h4H,1,5H2,2-3H3;(H,2,3,4). The van der Waals surface area contributed by atoms with Gasteiger partial charge in [0.15, 0.2) is 0 Å². The molecule has 5 nitrogen and oxygen atoms in total. The molecule has 1 N–H and O–H groups in total. The predicted molar refractivity (Wildman–Crippen MR) is 37.5 cm³/mol. The molecule has 0 unspecified atom stereocenters. The molecule has 0 saturated heterocycles. The summed E-state index contributed by atoms with van der Waals surface area (Å²) in [6.45, 7) is 4.53. The molecule has 60 valence electrons. The number of hydrogen-bond donors (Lipinski definition) is 1. The van der Waals surface area contributed by atoms with Gasteiger partial charge in [-0.1, -0.05) is 6.08 Å². The molecule has 0 radical (unpaired) electrons. The summed E-state index contributed by atoms with van der Waals surface area (Å²) < 4.78 is 0. The molecule has 10 heavy (non-hydrogen) atoms. The topological polar surface area (TPSA) is 66.6 Å². The third-order valence-corrected chi connectivity index (χ3v) is 0.494. The van der Waals surface area contributed by atoms with Crippen molar-refractivity contribution in [1.29, 1.82) is 0 Å². The monoisotopic (exact) mass is 148 g/mol. The van der Waals surface area contributed by atoms with E-state index in [1.165, 1.54) is 0 Å². The van der Waals surface area contributed by atoms with E-state index >= 15 is 0 Å². The molecule has 5 heteroatoms. The van der Waals surface area contributed by atoms with Crippen LogP contribution in [0, 0.1) is 10.1 Å². The zero-order chi connectivity index (χ0) is 8.57. The smallest absolute Gasteiger partial charge is 0.291 e. The lowest BCUT2D eigenvalue weighted by atomic mass is 10.6. The largest absolute Gasteiger partial charge is 0.328 e. The number of likely N-dealkylation sites (N-methyl/N-ethyl adjacent to an activating group) is 1. The molecular weight excluding hydrogens is 136 g/mol. The minimum Gasteiger partial charge on any atom is -0.328 e. The first-order valence-electron chi connectivity index (χ1n) is 2.59. The van der Waals surface area contributed by atoms with E-state index in [-0.39, 0.29) is 0 Å². The van der Waals surface area contributed by atoms with E-state index in [4.69, 9.17) is 15.3 Å². The summed E-state index contributed by atoms with van der Waals surface area (Å²) in [4.78, 5) is 10.4. The van der Waals surface area contributed by atoms with E-state index in [0.717, 1.165) is 6.54 Å². The van der Waals surface area contributed by atoms with Gasteiger partial charge in [-0.3, -0.25) is 0 Å². The summed E-state index contributed by atoms with van der Waals surface area (Å²) >= 11 is 0. The Kier molecular flexibility index (Phi) is 9.22. The Morgan fingerprint density at radius 3 is 2.10 bits per heavy atom. The first-order valence-corrected chi connectivity index (χ1v) is 2.59. The first kappa shape index (κ1) is 11.7. The molecule has 0 rings (SSSR count). The second-order valence-electron chi connectivity index (χ2n) is 1.79. The van der Waals surface area contributed by atoms with Crippen molar-refractivity contribution in [3.05, 3.63) is 22.8 Å². The quantitative estimate of drug-likeness (QED) is 0.349. The van der Waals surface area contributed by atoms with E-state index in [1.54, 1.807) is 0 Å². The van der Waals surface area contributed by atoms with Gasteiger partial charge < -0.3 is 10.1 Å². The van der Waals surface area contributed by atoms with Crippen LogP contribution >= 0.6 is 0 Å². The maximum Gasteiger partial charge on any atom is 0.291 e. The highest BCUT2D eigenvalue weighted by atomic mass is 16.9. The van der Waals surface area contributed by atoms with Crippen molar-refractivity contribution >= 4 is 0 Å². The molecule has 0 aliphatic carbocycles. The maximum atomic E-state index is 8.36. The highest BCUT2D eigenvalue weighted by molar-refractivity contribution is 4.68. The van der Waals surface area contributed by atoms with Crippen molar-refractivity contribution in [3.8, 4) is 0 Å². The fourth-order valence-corrected chi connectivity index (χ4v) is 0.258. The Balaban J connectivity index is 0. The molecular formula is C5H12N2O3. The van der Waals surface area contributed by atoms with Gasteiger partial charge >= 0.3 is 0 Å². The van der Waals surface area contributed by atoms with Crippen molar-refractivity contribution in [2.45, 2.75) is 0 Å². The summed E-state index contributed by atoms with van der Waals surface area (Å²) in [6, 6.07) is 0. The van der Waals surface area contributed by atoms with Crippen molar-refractivity contribution < 1.29 is 10.3 Å². The average molecular weight is 148 g/mol. The Labute approximate surface area is 59.7 Å². The second kappa shape index (κ2) is 7.90. The lowest BCUT2D eigenvalue weighted by molar-refractivity contribution is -0.742. The van der Waals surface area contributed by atoms with Crippen LogP contribution in [-0.2, 0) is 0 Å². The average Bonchev–Trinajstić information content (AvgIpc) is 1.62. The van der Waals surface area contributed by atoms with Crippen LogP contribution in [-0.4, -0.2) is 35.8 Å². The molecule has 0 heterocycles. The number of nitrogens with zero attached hydrogens (tertiary/aromatic N) is 2. The van der Waals surface area contributed by atoms with Gasteiger partial charge in [0.2, 0.25) is 0 Å².